The highest BCUT2D eigenvalue weighted by atomic mass is 35.5. The van der Waals surface area contributed by atoms with Gasteiger partial charge in [-0.15, -0.1) is 0 Å². The van der Waals surface area contributed by atoms with Crippen LogP contribution in [-0.4, -0.2) is 38.0 Å². The predicted octanol–water partition coefficient (Wildman–Crippen LogP) is 4.42. The Bertz CT molecular complexity index is 1300. The normalized spacial score (nSPS) is 14.7. The van der Waals surface area contributed by atoms with Crippen molar-refractivity contribution in [3.05, 3.63) is 77.3 Å². The van der Waals surface area contributed by atoms with Crippen molar-refractivity contribution in [2.45, 2.75) is 19.8 Å². The molecule has 1 saturated heterocycles. The van der Waals surface area contributed by atoms with Crippen molar-refractivity contribution >= 4 is 46.4 Å². The third-order valence-corrected chi connectivity index (χ3v) is 6.38. The molecule has 10 heteroatoms. The smallest absolute Gasteiger partial charge is 0.262 e. The van der Waals surface area contributed by atoms with E-state index in [4.69, 9.17) is 21.1 Å². The monoisotopic (exact) mass is 536 g/mol. The minimum absolute atomic E-state index is 0.0812. The molecule has 38 heavy (non-hydrogen) atoms. The fraction of sp³-hybridized carbons (Fsp3) is 0.250. The van der Waals surface area contributed by atoms with Gasteiger partial charge in [0, 0.05) is 29.4 Å². The molecular formula is C28H29ClN4O5. The maximum Gasteiger partial charge on any atom is 0.262 e. The van der Waals surface area contributed by atoms with Crippen molar-refractivity contribution in [3.8, 4) is 11.5 Å². The first-order valence-corrected chi connectivity index (χ1v) is 12.6. The Morgan fingerprint density at radius 1 is 1.05 bits per heavy atom. The van der Waals surface area contributed by atoms with Gasteiger partial charge in [0.05, 0.1) is 18.7 Å². The minimum atomic E-state index is -0.550. The van der Waals surface area contributed by atoms with Crippen molar-refractivity contribution in [3.63, 3.8) is 0 Å². The van der Waals surface area contributed by atoms with Gasteiger partial charge in [-0.05, 0) is 66.6 Å². The number of hydrazine groups is 1. The quantitative estimate of drug-likeness (QED) is 0.331. The van der Waals surface area contributed by atoms with Gasteiger partial charge in [0.1, 0.15) is 11.5 Å². The van der Waals surface area contributed by atoms with Gasteiger partial charge in [0.25, 0.3) is 5.91 Å². The Hall–Kier alpha value is -4.24. The minimum Gasteiger partial charge on any atom is -0.497 e. The number of hydrogen-bond donors (Lipinski definition) is 3. The number of carbonyl (C=O) groups is 3. The van der Waals surface area contributed by atoms with E-state index in [2.05, 4.69) is 23.1 Å². The van der Waals surface area contributed by atoms with Crippen LogP contribution in [0.3, 0.4) is 0 Å². The molecule has 198 valence electrons. The Balaban J connectivity index is 1.32. The van der Waals surface area contributed by atoms with E-state index in [-0.39, 0.29) is 37.3 Å². The van der Waals surface area contributed by atoms with Gasteiger partial charge in [-0.3, -0.25) is 25.2 Å². The van der Waals surface area contributed by atoms with Crippen molar-refractivity contribution < 1.29 is 23.9 Å². The summed E-state index contributed by atoms with van der Waals surface area (Å²) in [6.45, 7) is 2.07. The van der Waals surface area contributed by atoms with E-state index in [1.807, 2.05) is 24.3 Å². The molecular weight excluding hydrogens is 508 g/mol. The molecule has 0 radical (unpaired) electrons. The Morgan fingerprint density at radius 3 is 2.47 bits per heavy atom. The summed E-state index contributed by atoms with van der Waals surface area (Å²) in [6.07, 6.45) is 0.996. The molecule has 1 heterocycles. The van der Waals surface area contributed by atoms with Crippen LogP contribution in [0.4, 0.5) is 17.1 Å². The molecule has 4 rings (SSSR count). The fourth-order valence-electron chi connectivity index (χ4n) is 4.02. The maximum atomic E-state index is 12.8. The summed E-state index contributed by atoms with van der Waals surface area (Å²) in [5.41, 5.74) is 8.37. The number of benzene rings is 3. The van der Waals surface area contributed by atoms with Gasteiger partial charge in [-0.1, -0.05) is 30.7 Å². The zero-order chi connectivity index (χ0) is 27.1. The third kappa shape index (κ3) is 6.74. The summed E-state index contributed by atoms with van der Waals surface area (Å²) in [7, 11) is 1.57. The zero-order valence-corrected chi connectivity index (χ0v) is 21.9. The lowest BCUT2D eigenvalue weighted by Crippen LogP contribution is -2.36. The highest BCUT2D eigenvalue weighted by Crippen LogP contribution is 2.29. The second-order valence-electron chi connectivity index (χ2n) is 8.75. The van der Waals surface area contributed by atoms with Crippen LogP contribution in [0.5, 0.6) is 11.5 Å². The summed E-state index contributed by atoms with van der Waals surface area (Å²) in [6, 6.07) is 19.5. The topological polar surface area (TPSA) is 109 Å². The van der Waals surface area contributed by atoms with Gasteiger partial charge in [-0.25, -0.2) is 0 Å². The molecule has 3 aromatic carbocycles. The second kappa shape index (κ2) is 12.3. The molecule has 0 aliphatic carbocycles. The van der Waals surface area contributed by atoms with Crippen LogP contribution in [0, 0.1) is 5.92 Å². The molecule has 1 aliphatic rings. The van der Waals surface area contributed by atoms with E-state index >= 15 is 0 Å². The molecule has 1 atom stereocenters. The van der Waals surface area contributed by atoms with Crippen LogP contribution in [0.25, 0.3) is 0 Å². The number of hydrogen-bond acceptors (Lipinski definition) is 6. The molecule has 1 fully saturated rings. The summed E-state index contributed by atoms with van der Waals surface area (Å²) in [5, 5.41) is 3.20. The van der Waals surface area contributed by atoms with Crippen molar-refractivity contribution in [1.29, 1.82) is 0 Å². The molecule has 3 aromatic rings. The van der Waals surface area contributed by atoms with E-state index in [9.17, 15) is 14.4 Å². The maximum absolute atomic E-state index is 12.8. The number of methoxy groups -OCH3 is 1. The number of nitrogens with zero attached hydrogens (tertiary/aromatic N) is 1. The first-order chi connectivity index (χ1) is 18.4. The van der Waals surface area contributed by atoms with Crippen LogP contribution in [-0.2, 0) is 20.8 Å². The number of ether oxygens (including phenoxy) is 2. The van der Waals surface area contributed by atoms with Crippen LogP contribution in [0.15, 0.2) is 66.7 Å². The standard InChI is InChI=1S/C28H29ClN4O5/c1-3-18-4-7-21(8-5-18)30-26(34)17-38-25-13-6-20(29)15-24(25)31-32-28(36)19-14-27(35)33(16-19)22-9-11-23(37-2)12-10-22/h4-13,15,19,31H,3,14,16-17H2,1-2H3,(H,30,34)(H,32,36)/t19-/m1/s1. The van der Waals surface area contributed by atoms with Gasteiger partial charge >= 0.3 is 0 Å². The lowest BCUT2D eigenvalue weighted by molar-refractivity contribution is -0.125. The van der Waals surface area contributed by atoms with Crippen molar-refractivity contribution in [2.75, 3.05) is 35.9 Å². The fourth-order valence-corrected chi connectivity index (χ4v) is 4.19. The average Bonchev–Trinajstić information content (AvgIpc) is 3.33. The molecule has 1 aliphatic heterocycles. The highest BCUT2D eigenvalue weighted by molar-refractivity contribution is 6.31. The third-order valence-electron chi connectivity index (χ3n) is 6.15. The second-order valence-corrected chi connectivity index (χ2v) is 9.18. The Kier molecular flexibility index (Phi) is 8.70. The van der Waals surface area contributed by atoms with E-state index in [1.165, 1.54) is 5.56 Å². The van der Waals surface area contributed by atoms with Crippen molar-refractivity contribution in [1.82, 2.24) is 5.43 Å². The first kappa shape index (κ1) is 26.8. The summed E-state index contributed by atoms with van der Waals surface area (Å²) in [5.74, 6) is -0.367. The number of anilines is 3. The van der Waals surface area contributed by atoms with Gasteiger partial charge in [0.15, 0.2) is 6.61 Å². The number of amides is 3. The first-order valence-electron chi connectivity index (χ1n) is 12.2. The predicted molar refractivity (Wildman–Crippen MR) is 147 cm³/mol. The summed E-state index contributed by atoms with van der Waals surface area (Å²) < 4.78 is 10.8. The molecule has 9 nitrogen and oxygen atoms in total. The molecule has 0 unspecified atom stereocenters. The number of carbonyl (C=O) groups excluding carboxylic acids is 3. The van der Waals surface area contributed by atoms with Crippen LogP contribution in [0.2, 0.25) is 5.02 Å². The lowest BCUT2D eigenvalue weighted by atomic mass is 10.1. The summed E-state index contributed by atoms with van der Waals surface area (Å²) in [4.78, 5) is 39.3. The van der Waals surface area contributed by atoms with E-state index in [0.29, 0.717) is 33.6 Å². The van der Waals surface area contributed by atoms with E-state index < -0.39 is 5.92 Å². The largest absolute Gasteiger partial charge is 0.497 e. The number of aryl methyl sites for hydroxylation is 1. The number of nitrogens with one attached hydrogen (secondary N) is 3. The molecule has 3 N–H and O–H groups in total. The number of rotatable bonds is 10. The molecule has 3 amide bonds. The molecule has 0 bridgehead atoms. The zero-order valence-electron chi connectivity index (χ0n) is 21.1. The molecule has 0 aromatic heterocycles. The van der Waals surface area contributed by atoms with E-state index in [1.54, 1.807) is 54.5 Å². The van der Waals surface area contributed by atoms with E-state index in [0.717, 1.165) is 6.42 Å². The van der Waals surface area contributed by atoms with Crippen LogP contribution in [0.1, 0.15) is 18.9 Å². The number of halogens is 1. The molecule has 0 spiro atoms. The Morgan fingerprint density at radius 2 is 1.79 bits per heavy atom. The van der Waals surface area contributed by atoms with Gasteiger partial charge in [-0.2, -0.15) is 0 Å². The van der Waals surface area contributed by atoms with Crippen LogP contribution < -0.4 is 30.5 Å². The average molecular weight is 537 g/mol. The Labute approximate surface area is 226 Å². The summed E-state index contributed by atoms with van der Waals surface area (Å²) >= 11 is 6.13. The van der Waals surface area contributed by atoms with Gasteiger partial charge < -0.3 is 19.7 Å². The molecule has 0 saturated carbocycles. The highest BCUT2D eigenvalue weighted by Gasteiger charge is 2.35. The van der Waals surface area contributed by atoms with Crippen LogP contribution >= 0.6 is 11.6 Å². The SMILES string of the molecule is CCc1ccc(NC(=O)COc2ccc(Cl)cc2NNC(=O)[C@@H]2CC(=O)N(c3ccc(OC)cc3)C2)cc1. The van der Waals surface area contributed by atoms with Crippen molar-refractivity contribution in [2.24, 2.45) is 5.92 Å². The van der Waals surface area contributed by atoms with Gasteiger partial charge in [0.2, 0.25) is 11.8 Å². The lowest BCUT2D eigenvalue weighted by Gasteiger charge is -2.18.